The van der Waals surface area contributed by atoms with E-state index in [1.54, 1.807) is 11.9 Å². The molecule has 0 atom stereocenters. The van der Waals surface area contributed by atoms with Crippen molar-refractivity contribution >= 4 is 12.0 Å². The monoisotopic (exact) mass is 230 g/mol. The summed E-state index contributed by atoms with van der Waals surface area (Å²) in [4.78, 5) is 23.3. The number of carboxylic acids is 1. The van der Waals surface area contributed by atoms with Crippen molar-refractivity contribution in [3.63, 3.8) is 0 Å². The van der Waals surface area contributed by atoms with Crippen molar-refractivity contribution in [1.29, 1.82) is 0 Å². The van der Waals surface area contributed by atoms with E-state index in [1.165, 1.54) is 0 Å². The Balaban J connectivity index is 3.45. The second-order valence-electron chi connectivity index (χ2n) is 3.86. The molecule has 5 heteroatoms. The number of urea groups is 1. The SMILES string of the molecule is CCCCN(C)C(=O)NCCCCC(=O)O. The van der Waals surface area contributed by atoms with E-state index in [9.17, 15) is 9.59 Å². The highest BCUT2D eigenvalue weighted by molar-refractivity contribution is 5.73. The Morgan fingerprint density at radius 1 is 1.25 bits per heavy atom. The number of carbonyl (C=O) groups is 2. The topological polar surface area (TPSA) is 69.6 Å². The van der Waals surface area contributed by atoms with Gasteiger partial charge in [0.25, 0.3) is 0 Å². The number of hydrogen-bond donors (Lipinski definition) is 2. The van der Waals surface area contributed by atoms with Gasteiger partial charge in [-0.05, 0) is 19.3 Å². The van der Waals surface area contributed by atoms with Crippen LogP contribution in [0.15, 0.2) is 0 Å². The highest BCUT2D eigenvalue weighted by Gasteiger charge is 2.06. The Labute approximate surface area is 96.8 Å². The molecule has 0 aliphatic heterocycles. The molecule has 2 N–H and O–H groups in total. The standard InChI is InChI=1S/C11H22N2O3/c1-3-4-9-13(2)11(16)12-8-6-5-7-10(14)15/h3-9H2,1-2H3,(H,12,16)(H,14,15). The average Bonchev–Trinajstić information content (AvgIpc) is 2.24. The fraction of sp³-hybridized carbons (Fsp3) is 0.818. The lowest BCUT2D eigenvalue weighted by molar-refractivity contribution is -0.137. The minimum Gasteiger partial charge on any atom is -0.481 e. The fourth-order valence-electron chi connectivity index (χ4n) is 1.23. The quantitative estimate of drug-likeness (QED) is 0.623. The molecule has 0 saturated heterocycles. The summed E-state index contributed by atoms with van der Waals surface area (Å²) in [5, 5.41) is 11.2. The first-order chi connectivity index (χ1) is 7.57. The van der Waals surface area contributed by atoms with Gasteiger partial charge in [0.05, 0.1) is 0 Å². The first-order valence-corrected chi connectivity index (χ1v) is 5.78. The van der Waals surface area contributed by atoms with Crippen molar-refractivity contribution in [3.8, 4) is 0 Å². The minimum absolute atomic E-state index is 0.0798. The smallest absolute Gasteiger partial charge is 0.317 e. The van der Waals surface area contributed by atoms with Gasteiger partial charge in [0.1, 0.15) is 0 Å². The van der Waals surface area contributed by atoms with Gasteiger partial charge >= 0.3 is 12.0 Å². The highest BCUT2D eigenvalue weighted by Crippen LogP contribution is 1.95. The van der Waals surface area contributed by atoms with Gasteiger partial charge in [-0.2, -0.15) is 0 Å². The molecular weight excluding hydrogens is 208 g/mol. The molecule has 0 saturated carbocycles. The maximum Gasteiger partial charge on any atom is 0.317 e. The van der Waals surface area contributed by atoms with Gasteiger partial charge in [0.15, 0.2) is 0 Å². The van der Waals surface area contributed by atoms with Gasteiger partial charge in [-0.1, -0.05) is 13.3 Å². The lowest BCUT2D eigenvalue weighted by Gasteiger charge is -2.17. The summed E-state index contributed by atoms with van der Waals surface area (Å²) in [6, 6.07) is -0.0798. The Hall–Kier alpha value is -1.26. The number of aliphatic carboxylic acids is 1. The van der Waals surface area contributed by atoms with E-state index in [2.05, 4.69) is 12.2 Å². The zero-order valence-corrected chi connectivity index (χ0v) is 10.2. The van der Waals surface area contributed by atoms with E-state index >= 15 is 0 Å². The first kappa shape index (κ1) is 14.7. The number of carbonyl (C=O) groups excluding carboxylic acids is 1. The van der Waals surface area contributed by atoms with Crippen molar-refractivity contribution in [2.75, 3.05) is 20.1 Å². The van der Waals surface area contributed by atoms with Crippen molar-refractivity contribution in [1.82, 2.24) is 10.2 Å². The molecule has 0 aromatic carbocycles. The van der Waals surface area contributed by atoms with E-state index < -0.39 is 5.97 Å². The molecule has 0 aromatic heterocycles. The third kappa shape index (κ3) is 8.08. The van der Waals surface area contributed by atoms with Crippen LogP contribution in [0.25, 0.3) is 0 Å². The second kappa shape index (κ2) is 9.00. The van der Waals surface area contributed by atoms with Crippen molar-refractivity contribution in [2.24, 2.45) is 0 Å². The van der Waals surface area contributed by atoms with E-state index in [1.807, 2.05) is 0 Å². The highest BCUT2D eigenvalue weighted by atomic mass is 16.4. The summed E-state index contributed by atoms with van der Waals surface area (Å²) in [7, 11) is 1.77. The molecule has 0 aliphatic rings. The zero-order valence-electron chi connectivity index (χ0n) is 10.2. The average molecular weight is 230 g/mol. The summed E-state index contributed by atoms with van der Waals surface area (Å²) < 4.78 is 0. The van der Waals surface area contributed by atoms with Gasteiger partial charge in [-0.25, -0.2) is 4.79 Å². The first-order valence-electron chi connectivity index (χ1n) is 5.78. The van der Waals surface area contributed by atoms with Crippen LogP contribution in [-0.4, -0.2) is 42.1 Å². The van der Waals surface area contributed by atoms with E-state index in [0.717, 1.165) is 19.4 Å². The Morgan fingerprint density at radius 3 is 2.50 bits per heavy atom. The van der Waals surface area contributed by atoms with Crippen LogP contribution in [0.4, 0.5) is 4.79 Å². The molecule has 2 amide bonds. The molecule has 16 heavy (non-hydrogen) atoms. The van der Waals surface area contributed by atoms with E-state index in [4.69, 9.17) is 5.11 Å². The Kier molecular flexibility index (Phi) is 8.29. The molecule has 0 unspecified atom stereocenters. The minimum atomic E-state index is -0.786. The molecule has 0 heterocycles. The van der Waals surface area contributed by atoms with Crippen molar-refractivity contribution in [2.45, 2.75) is 39.0 Å². The van der Waals surface area contributed by atoms with Crippen LogP contribution in [0.1, 0.15) is 39.0 Å². The van der Waals surface area contributed by atoms with Crippen LogP contribution in [0, 0.1) is 0 Å². The molecule has 5 nitrogen and oxygen atoms in total. The number of rotatable bonds is 8. The van der Waals surface area contributed by atoms with Crippen LogP contribution in [0.3, 0.4) is 0 Å². The van der Waals surface area contributed by atoms with Gasteiger partial charge in [-0.15, -0.1) is 0 Å². The zero-order chi connectivity index (χ0) is 12.4. The number of carboxylic acid groups (broad SMARTS) is 1. The molecule has 0 rings (SSSR count). The summed E-state index contributed by atoms with van der Waals surface area (Å²) >= 11 is 0. The molecule has 0 fully saturated rings. The van der Waals surface area contributed by atoms with E-state index in [0.29, 0.717) is 19.4 Å². The lowest BCUT2D eigenvalue weighted by Crippen LogP contribution is -2.38. The molecule has 0 spiro atoms. The van der Waals surface area contributed by atoms with E-state index in [-0.39, 0.29) is 12.5 Å². The fourth-order valence-corrected chi connectivity index (χ4v) is 1.23. The van der Waals surface area contributed by atoms with Crippen LogP contribution in [0.5, 0.6) is 0 Å². The molecule has 0 aliphatic carbocycles. The van der Waals surface area contributed by atoms with Gasteiger partial charge in [0, 0.05) is 26.6 Å². The Morgan fingerprint density at radius 2 is 1.94 bits per heavy atom. The molecule has 0 aromatic rings. The van der Waals surface area contributed by atoms with Crippen LogP contribution < -0.4 is 5.32 Å². The largest absolute Gasteiger partial charge is 0.481 e. The second-order valence-corrected chi connectivity index (χ2v) is 3.86. The summed E-state index contributed by atoms with van der Waals surface area (Å²) in [6.07, 6.45) is 3.55. The number of nitrogens with one attached hydrogen (secondary N) is 1. The summed E-state index contributed by atoms with van der Waals surface area (Å²) in [5.74, 6) is -0.786. The molecule has 0 radical (unpaired) electrons. The normalized spacial score (nSPS) is 9.88. The van der Waals surface area contributed by atoms with Crippen LogP contribution in [0.2, 0.25) is 0 Å². The number of unbranched alkanes of at least 4 members (excludes halogenated alkanes) is 2. The summed E-state index contributed by atoms with van der Waals surface area (Å²) in [6.45, 7) is 3.39. The lowest BCUT2D eigenvalue weighted by atomic mass is 10.2. The number of nitrogens with zero attached hydrogens (tertiary/aromatic N) is 1. The summed E-state index contributed by atoms with van der Waals surface area (Å²) in [5.41, 5.74) is 0. The third-order valence-corrected chi connectivity index (χ3v) is 2.29. The Bertz CT molecular complexity index is 219. The van der Waals surface area contributed by atoms with Crippen molar-refractivity contribution in [3.05, 3.63) is 0 Å². The van der Waals surface area contributed by atoms with Crippen molar-refractivity contribution < 1.29 is 14.7 Å². The molecular formula is C11H22N2O3. The van der Waals surface area contributed by atoms with Crippen LogP contribution in [-0.2, 0) is 4.79 Å². The predicted molar refractivity (Wildman–Crippen MR) is 62.4 cm³/mol. The van der Waals surface area contributed by atoms with Gasteiger partial charge in [-0.3, -0.25) is 4.79 Å². The number of hydrogen-bond acceptors (Lipinski definition) is 2. The maximum atomic E-state index is 11.4. The number of amides is 2. The van der Waals surface area contributed by atoms with Gasteiger partial charge < -0.3 is 15.3 Å². The molecule has 94 valence electrons. The molecule has 0 bridgehead atoms. The van der Waals surface area contributed by atoms with Gasteiger partial charge in [0.2, 0.25) is 0 Å². The van der Waals surface area contributed by atoms with Crippen LogP contribution >= 0.6 is 0 Å². The third-order valence-electron chi connectivity index (χ3n) is 2.29. The maximum absolute atomic E-state index is 11.4. The predicted octanol–water partition coefficient (Wildman–Crippen LogP) is 1.68.